The number of benzene rings is 1. The second-order valence-electron chi connectivity index (χ2n) is 6.66. The average Bonchev–Trinajstić information content (AvgIpc) is 2.42. The number of esters is 2. The molecule has 1 unspecified atom stereocenters. The molecule has 1 aromatic carbocycles. The van der Waals surface area contributed by atoms with Crippen LogP contribution in [0.2, 0.25) is 0 Å². The third kappa shape index (κ3) is 5.88. The smallest absolute Gasteiger partial charge is 0.339 e. The molecule has 0 saturated heterocycles. The fraction of sp³-hybridized carbons (Fsp3) is 0.556. The second kappa shape index (κ2) is 7.97. The summed E-state index contributed by atoms with van der Waals surface area (Å²) in [4.78, 5) is 24.3. The summed E-state index contributed by atoms with van der Waals surface area (Å²) in [6, 6.07) is 6.59. The molecule has 0 aliphatic carbocycles. The summed E-state index contributed by atoms with van der Waals surface area (Å²) < 4.78 is 10.6. The Balaban J connectivity index is 2.83. The SMILES string of the molecule is CCCOC(=O)c1ccccc1C(=O)OC(C)CC(C)(C)C. The maximum Gasteiger partial charge on any atom is 0.339 e. The predicted octanol–water partition coefficient (Wildman–Crippen LogP) is 4.23. The van der Waals surface area contributed by atoms with Crippen LogP contribution in [0.1, 0.15) is 68.2 Å². The largest absolute Gasteiger partial charge is 0.462 e. The molecule has 4 heteroatoms. The molecule has 0 heterocycles. The molecule has 22 heavy (non-hydrogen) atoms. The van der Waals surface area contributed by atoms with Gasteiger partial charge in [0.05, 0.1) is 23.8 Å². The third-order valence-corrected chi connectivity index (χ3v) is 3.01. The van der Waals surface area contributed by atoms with Crippen LogP contribution in [-0.2, 0) is 9.47 Å². The summed E-state index contributed by atoms with van der Waals surface area (Å²) in [6.45, 7) is 10.4. The fourth-order valence-electron chi connectivity index (χ4n) is 2.26. The van der Waals surface area contributed by atoms with Crippen molar-refractivity contribution in [3.8, 4) is 0 Å². The first-order valence-corrected chi connectivity index (χ1v) is 7.71. The molecule has 122 valence electrons. The molecule has 0 N–H and O–H groups in total. The number of carbonyl (C=O) groups excluding carboxylic acids is 2. The highest BCUT2D eigenvalue weighted by atomic mass is 16.5. The Morgan fingerprint density at radius 2 is 1.64 bits per heavy atom. The Bertz CT molecular complexity index is 514. The highest BCUT2D eigenvalue weighted by Crippen LogP contribution is 2.23. The van der Waals surface area contributed by atoms with E-state index in [0.29, 0.717) is 6.61 Å². The molecule has 0 spiro atoms. The minimum Gasteiger partial charge on any atom is -0.462 e. The zero-order chi connectivity index (χ0) is 16.8. The third-order valence-electron chi connectivity index (χ3n) is 3.01. The van der Waals surface area contributed by atoms with Gasteiger partial charge in [0.1, 0.15) is 0 Å². The van der Waals surface area contributed by atoms with E-state index in [1.807, 2.05) is 13.8 Å². The first-order valence-electron chi connectivity index (χ1n) is 7.71. The number of rotatable bonds is 6. The van der Waals surface area contributed by atoms with Gasteiger partial charge in [0.2, 0.25) is 0 Å². The van der Waals surface area contributed by atoms with E-state index in [1.54, 1.807) is 24.3 Å². The van der Waals surface area contributed by atoms with Crippen molar-refractivity contribution in [2.75, 3.05) is 6.61 Å². The normalized spacial score (nSPS) is 12.6. The lowest BCUT2D eigenvalue weighted by Crippen LogP contribution is -2.22. The summed E-state index contributed by atoms with van der Waals surface area (Å²) in [5, 5.41) is 0. The molecule has 0 aliphatic heterocycles. The van der Waals surface area contributed by atoms with Gasteiger partial charge in [-0.1, -0.05) is 39.8 Å². The first-order chi connectivity index (χ1) is 10.2. The standard InChI is InChI=1S/C18H26O4/c1-6-11-21-16(19)14-9-7-8-10-15(14)17(20)22-13(2)12-18(3,4)5/h7-10,13H,6,11-12H2,1-5H3. The van der Waals surface area contributed by atoms with Gasteiger partial charge in [0.15, 0.2) is 0 Å². The highest BCUT2D eigenvalue weighted by Gasteiger charge is 2.23. The molecule has 0 fully saturated rings. The van der Waals surface area contributed by atoms with Gasteiger partial charge in [-0.2, -0.15) is 0 Å². The molecule has 1 aromatic rings. The fourth-order valence-corrected chi connectivity index (χ4v) is 2.26. The van der Waals surface area contributed by atoms with Crippen LogP contribution in [-0.4, -0.2) is 24.6 Å². The molecule has 0 amide bonds. The van der Waals surface area contributed by atoms with Crippen molar-refractivity contribution in [3.63, 3.8) is 0 Å². The number of hydrogen-bond acceptors (Lipinski definition) is 4. The van der Waals surface area contributed by atoms with E-state index < -0.39 is 11.9 Å². The summed E-state index contributed by atoms with van der Waals surface area (Å²) in [5.41, 5.74) is 0.576. The van der Waals surface area contributed by atoms with Gasteiger partial charge in [-0.15, -0.1) is 0 Å². The predicted molar refractivity (Wildman–Crippen MR) is 86.0 cm³/mol. The van der Waals surface area contributed by atoms with Gasteiger partial charge < -0.3 is 9.47 Å². The van der Waals surface area contributed by atoms with Gasteiger partial charge >= 0.3 is 11.9 Å². The molecule has 0 radical (unpaired) electrons. The highest BCUT2D eigenvalue weighted by molar-refractivity contribution is 6.03. The number of carbonyl (C=O) groups is 2. The minimum absolute atomic E-state index is 0.0687. The summed E-state index contributed by atoms with van der Waals surface area (Å²) in [5.74, 6) is -0.973. The van der Waals surface area contributed by atoms with Crippen LogP contribution in [0.3, 0.4) is 0 Å². The van der Waals surface area contributed by atoms with Crippen LogP contribution < -0.4 is 0 Å². The Hall–Kier alpha value is -1.84. The van der Waals surface area contributed by atoms with E-state index >= 15 is 0 Å². The van der Waals surface area contributed by atoms with Crippen LogP contribution in [0.5, 0.6) is 0 Å². The molecule has 1 rings (SSSR count). The first kappa shape index (κ1) is 18.2. The van der Waals surface area contributed by atoms with Crippen LogP contribution in [0, 0.1) is 5.41 Å². The Morgan fingerprint density at radius 3 is 2.14 bits per heavy atom. The molecule has 0 bridgehead atoms. The lowest BCUT2D eigenvalue weighted by Gasteiger charge is -2.23. The van der Waals surface area contributed by atoms with E-state index in [4.69, 9.17) is 9.47 Å². The van der Waals surface area contributed by atoms with E-state index in [9.17, 15) is 9.59 Å². The lowest BCUT2D eigenvalue weighted by atomic mass is 9.90. The Kier molecular flexibility index (Phi) is 6.60. The van der Waals surface area contributed by atoms with Crippen LogP contribution in [0.25, 0.3) is 0 Å². The van der Waals surface area contributed by atoms with E-state index in [2.05, 4.69) is 20.8 Å². The Morgan fingerprint density at radius 1 is 1.09 bits per heavy atom. The van der Waals surface area contributed by atoms with Crippen molar-refractivity contribution >= 4 is 11.9 Å². The molecule has 4 nitrogen and oxygen atoms in total. The monoisotopic (exact) mass is 306 g/mol. The maximum atomic E-state index is 12.3. The van der Waals surface area contributed by atoms with Crippen LogP contribution >= 0.6 is 0 Å². The zero-order valence-electron chi connectivity index (χ0n) is 14.1. The van der Waals surface area contributed by atoms with Crippen LogP contribution in [0.4, 0.5) is 0 Å². The topological polar surface area (TPSA) is 52.6 Å². The van der Waals surface area contributed by atoms with Crippen LogP contribution in [0.15, 0.2) is 24.3 Å². The summed E-state index contributed by atoms with van der Waals surface area (Å²) in [6.07, 6.45) is 1.27. The van der Waals surface area contributed by atoms with E-state index in [-0.39, 0.29) is 22.6 Å². The van der Waals surface area contributed by atoms with Crippen molar-refractivity contribution in [1.82, 2.24) is 0 Å². The van der Waals surface area contributed by atoms with E-state index in [0.717, 1.165) is 12.8 Å². The molecular weight excluding hydrogens is 280 g/mol. The number of ether oxygens (including phenoxy) is 2. The zero-order valence-corrected chi connectivity index (χ0v) is 14.1. The van der Waals surface area contributed by atoms with Crippen molar-refractivity contribution in [2.45, 2.75) is 53.6 Å². The summed E-state index contributed by atoms with van der Waals surface area (Å²) in [7, 11) is 0. The molecule has 0 aliphatic rings. The van der Waals surface area contributed by atoms with Crippen molar-refractivity contribution in [1.29, 1.82) is 0 Å². The maximum absolute atomic E-state index is 12.3. The number of hydrogen-bond donors (Lipinski definition) is 0. The average molecular weight is 306 g/mol. The summed E-state index contributed by atoms with van der Waals surface area (Å²) >= 11 is 0. The molecule has 0 aromatic heterocycles. The van der Waals surface area contributed by atoms with Gasteiger partial charge in [-0.3, -0.25) is 0 Å². The van der Waals surface area contributed by atoms with Crippen molar-refractivity contribution < 1.29 is 19.1 Å². The molecular formula is C18H26O4. The lowest BCUT2D eigenvalue weighted by molar-refractivity contribution is 0.0244. The second-order valence-corrected chi connectivity index (χ2v) is 6.66. The van der Waals surface area contributed by atoms with E-state index in [1.165, 1.54) is 0 Å². The molecule has 0 saturated carbocycles. The van der Waals surface area contributed by atoms with Gasteiger partial charge in [-0.05, 0) is 37.3 Å². The van der Waals surface area contributed by atoms with Gasteiger partial charge in [0.25, 0.3) is 0 Å². The molecule has 1 atom stereocenters. The Labute approximate surface area is 132 Å². The van der Waals surface area contributed by atoms with Gasteiger partial charge in [0, 0.05) is 0 Å². The van der Waals surface area contributed by atoms with Crippen molar-refractivity contribution in [2.24, 2.45) is 5.41 Å². The minimum atomic E-state index is -0.488. The quantitative estimate of drug-likeness (QED) is 0.738. The van der Waals surface area contributed by atoms with Crippen molar-refractivity contribution in [3.05, 3.63) is 35.4 Å². The van der Waals surface area contributed by atoms with Gasteiger partial charge in [-0.25, -0.2) is 9.59 Å².